The molecule has 0 heterocycles. The number of ether oxygens (including phenoxy) is 3. The van der Waals surface area contributed by atoms with Crippen molar-refractivity contribution in [1.29, 1.82) is 0 Å². The zero-order valence-corrected chi connectivity index (χ0v) is 17.0. The van der Waals surface area contributed by atoms with E-state index < -0.39 is 72.3 Å². The van der Waals surface area contributed by atoms with E-state index in [0.717, 1.165) is 0 Å². The highest BCUT2D eigenvalue weighted by Crippen LogP contribution is 2.56. The molecule has 0 spiro atoms. The normalized spacial score (nSPS) is 17.5. The number of carbonyl (C=O) groups excluding carboxylic acids is 1. The van der Waals surface area contributed by atoms with E-state index >= 15 is 0 Å². The minimum atomic E-state index is -8.11. The van der Waals surface area contributed by atoms with Gasteiger partial charge >= 0.3 is 54.3 Å². The molecule has 0 bridgehead atoms. The van der Waals surface area contributed by atoms with Gasteiger partial charge in [-0.1, -0.05) is 12.1 Å². The number of alkyl halides is 17. The van der Waals surface area contributed by atoms with Gasteiger partial charge in [0.25, 0.3) is 0 Å². The first-order valence-corrected chi connectivity index (χ1v) is 8.59. The summed E-state index contributed by atoms with van der Waals surface area (Å²) in [5.41, 5.74) is -0.552. The van der Waals surface area contributed by atoms with Crippen LogP contribution in [0.15, 0.2) is 24.3 Å². The minimum absolute atomic E-state index is 0.537. The molecule has 0 aliphatic rings. The quantitative estimate of drug-likeness (QED) is 0.232. The zero-order chi connectivity index (χ0) is 30.4. The molecule has 0 fully saturated rings. The average molecular weight is 604 g/mol. The van der Waals surface area contributed by atoms with Crippen molar-refractivity contribution in [3.63, 3.8) is 0 Å². The fourth-order valence-corrected chi connectivity index (χ4v) is 1.97. The molecule has 0 amide bonds. The van der Waals surface area contributed by atoms with Crippen LogP contribution in [-0.4, -0.2) is 54.3 Å². The molecular formula is C16H6F18O4. The Balaban J connectivity index is 3.51. The third-order valence-corrected chi connectivity index (χ3v) is 3.91. The summed E-state index contributed by atoms with van der Waals surface area (Å²) in [5, 5.41) is 0. The van der Waals surface area contributed by atoms with Gasteiger partial charge in [0.2, 0.25) is 0 Å². The number of hydrogen-bond acceptors (Lipinski definition) is 4. The average Bonchev–Trinajstić information content (AvgIpc) is 2.69. The largest absolute Gasteiger partial charge is 0.462 e. The zero-order valence-electron chi connectivity index (χ0n) is 17.0. The van der Waals surface area contributed by atoms with Crippen LogP contribution in [0.2, 0.25) is 0 Å². The summed E-state index contributed by atoms with van der Waals surface area (Å²) >= 11 is 0. The topological polar surface area (TPSA) is 44.8 Å². The molecule has 0 unspecified atom stereocenters. The lowest BCUT2D eigenvalue weighted by Crippen LogP contribution is -2.68. The van der Waals surface area contributed by atoms with Gasteiger partial charge in [-0.3, -0.25) is 9.47 Å². The van der Waals surface area contributed by atoms with Crippen molar-refractivity contribution >= 4 is 5.97 Å². The summed E-state index contributed by atoms with van der Waals surface area (Å²) in [6.45, 7) is -1.61. The second-order valence-electron chi connectivity index (χ2n) is 6.70. The summed E-state index contributed by atoms with van der Waals surface area (Å²) in [4.78, 5) is 11.5. The second kappa shape index (κ2) is 9.83. The van der Waals surface area contributed by atoms with Gasteiger partial charge in [0.1, 0.15) is 12.4 Å². The van der Waals surface area contributed by atoms with Crippen LogP contribution in [0.3, 0.4) is 0 Å². The molecule has 1 aromatic carbocycles. The predicted molar refractivity (Wildman–Crippen MR) is 79.1 cm³/mol. The Morgan fingerprint density at radius 3 is 1.42 bits per heavy atom. The lowest BCUT2D eigenvalue weighted by molar-refractivity contribution is -0.548. The molecule has 38 heavy (non-hydrogen) atoms. The molecule has 1 rings (SSSR count). The van der Waals surface area contributed by atoms with Crippen molar-refractivity contribution in [3.8, 4) is 0 Å². The summed E-state index contributed by atoms with van der Waals surface area (Å²) < 4.78 is 241. The van der Waals surface area contributed by atoms with Crippen LogP contribution in [0.4, 0.5) is 79.0 Å². The van der Waals surface area contributed by atoms with Crippen LogP contribution >= 0.6 is 0 Å². The molecule has 2 atom stereocenters. The molecule has 1 aromatic rings. The highest BCUT2D eigenvalue weighted by Gasteiger charge is 2.85. The van der Waals surface area contributed by atoms with Crippen LogP contribution in [-0.2, 0) is 25.6 Å². The fraction of sp³-hybridized carbons (Fsp3) is 0.562. The molecule has 0 saturated carbocycles. The first-order chi connectivity index (χ1) is 16.6. The molecule has 0 N–H and O–H groups in total. The van der Waals surface area contributed by atoms with Crippen LogP contribution < -0.4 is 0 Å². The molecule has 22 heteroatoms. The van der Waals surface area contributed by atoms with Crippen LogP contribution in [0.5, 0.6) is 0 Å². The molecule has 0 radical (unpaired) electrons. The van der Waals surface area contributed by atoms with E-state index in [1.54, 1.807) is 0 Å². The number of benzene rings is 1. The van der Waals surface area contributed by atoms with Crippen molar-refractivity contribution in [2.45, 2.75) is 55.0 Å². The number of esters is 1. The van der Waals surface area contributed by atoms with E-state index in [1.165, 1.54) is 4.74 Å². The van der Waals surface area contributed by atoms with Crippen LogP contribution in [0, 0.1) is 5.82 Å². The summed E-state index contributed by atoms with van der Waals surface area (Å²) in [6.07, 6.45) is -38.9. The highest BCUT2D eigenvalue weighted by molar-refractivity contribution is 5.78. The highest BCUT2D eigenvalue weighted by atomic mass is 19.4. The Morgan fingerprint density at radius 1 is 0.605 bits per heavy atom. The summed E-state index contributed by atoms with van der Waals surface area (Å²) in [5.74, 6) is -27.8. The van der Waals surface area contributed by atoms with Gasteiger partial charge in [-0.05, 0) is 17.7 Å². The number of carbonyl (C=O) groups is 1. The van der Waals surface area contributed by atoms with Gasteiger partial charge < -0.3 is 4.74 Å². The second-order valence-corrected chi connectivity index (χ2v) is 6.70. The van der Waals surface area contributed by atoms with Gasteiger partial charge in [-0.15, -0.1) is 0 Å². The van der Waals surface area contributed by atoms with Gasteiger partial charge in [-0.2, -0.15) is 74.6 Å². The van der Waals surface area contributed by atoms with E-state index in [9.17, 15) is 83.8 Å². The summed E-state index contributed by atoms with van der Waals surface area (Å²) in [7, 11) is 0. The molecular weight excluding hydrogens is 598 g/mol. The van der Waals surface area contributed by atoms with Crippen LogP contribution in [0.1, 0.15) is 5.56 Å². The monoisotopic (exact) mass is 604 g/mol. The first kappa shape index (κ1) is 33.4. The van der Waals surface area contributed by atoms with E-state index in [-0.39, 0.29) is 0 Å². The Bertz CT molecular complexity index is 982. The van der Waals surface area contributed by atoms with Crippen molar-refractivity contribution in [1.82, 2.24) is 0 Å². The maximum atomic E-state index is 14.3. The Morgan fingerprint density at radius 2 is 1.05 bits per heavy atom. The van der Waals surface area contributed by atoms with Crippen molar-refractivity contribution in [2.24, 2.45) is 0 Å². The maximum Gasteiger partial charge on any atom is 0.462 e. The fourth-order valence-electron chi connectivity index (χ4n) is 1.97. The molecule has 0 aromatic heterocycles. The third-order valence-electron chi connectivity index (χ3n) is 3.91. The minimum Gasteiger partial charge on any atom is -0.456 e. The lowest BCUT2D eigenvalue weighted by atomic mass is 10.2. The summed E-state index contributed by atoms with van der Waals surface area (Å²) in [6, 6.07) is 2.29. The number of hydrogen-bond donors (Lipinski definition) is 0. The van der Waals surface area contributed by atoms with E-state index in [0.29, 0.717) is 24.3 Å². The molecule has 220 valence electrons. The van der Waals surface area contributed by atoms with Gasteiger partial charge in [0.05, 0.1) is 0 Å². The molecule has 0 aliphatic heterocycles. The SMILES string of the molecule is O=C(OCc1ccc(F)cc1)[C@](F)(OC(F)(F)[C@](F)(OC(F)(F)C(F)(F)C(F)(F)F)C(F)(F)F)C(F)(F)F. The standard InChI is InChI=1S/C16H6F18O4/c17-7-3-1-6(2-4-7)5-36-8(35)9(18,12(22,23)24)37-16(33,34)11(21,14(28,29)30)38-15(31,32)10(19,20)13(25,26)27/h1-4H,5H2/t9-,11+/m0/s1. The Kier molecular flexibility index (Phi) is 8.63. The number of halogens is 18. The third kappa shape index (κ3) is 6.15. The predicted octanol–water partition coefficient (Wildman–Crippen LogP) is 6.74. The Hall–Kier alpha value is -2.65. The van der Waals surface area contributed by atoms with E-state index in [1.807, 2.05) is 4.74 Å². The van der Waals surface area contributed by atoms with E-state index in [2.05, 4.69) is 4.74 Å². The van der Waals surface area contributed by atoms with E-state index in [4.69, 9.17) is 0 Å². The first-order valence-electron chi connectivity index (χ1n) is 8.59. The van der Waals surface area contributed by atoms with Gasteiger partial charge in [0, 0.05) is 0 Å². The van der Waals surface area contributed by atoms with Crippen molar-refractivity contribution < 1.29 is 98.0 Å². The smallest absolute Gasteiger partial charge is 0.456 e. The lowest BCUT2D eigenvalue weighted by Gasteiger charge is -2.39. The Labute approximate surface area is 196 Å². The van der Waals surface area contributed by atoms with Gasteiger partial charge in [0.15, 0.2) is 0 Å². The van der Waals surface area contributed by atoms with Gasteiger partial charge in [-0.25, -0.2) is 9.18 Å². The molecule has 4 nitrogen and oxygen atoms in total. The molecule has 0 saturated heterocycles. The maximum absolute atomic E-state index is 14.3. The molecule has 0 aliphatic carbocycles. The van der Waals surface area contributed by atoms with Crippen molar-refractivity contribution in [3.05, 3.63) is 35.6 Å². The number of rotatable bonds is 9. The van der Waals surface area contributed by atoms with Crippen LogP contribution in [0.25, 0.3) is 0 Å². The van der Waals surface area contributed by atoms with Crippen molar-refractivity contribution in [2.75, 3.05) is 0 Å².